The van der Waals surface area contributed by atoms with Gasteiger partial charge in [0.05, 0.1) is 9.85 Å². The second-order valence-electron chi connectivity index (χ2n) is 4.81. The van der Waals surface area contributed by atoms with Crippen LogP contribution in [-0.2, 0) is 6.54 Å². The van der Waals surface area contributed by atoms with Crippen LogP contribution in [0.1, 0.15) is 24.2 Å². The van der Waals surface area contributed by atoms with Gasteiger partial charge in [-0.3, -0.25) is 29.8 Å². The first-order valence-corrected chi connectivity index (χ1v) is 6.83. The lowest BCUT2D eigenvalue weighted by Crippen LogP contribution is -2.28. The molecule has 0 saturated carbocycles. The Balaban J connectivity index is 2.92. The van der Waals surface area contributed by atoms with Crippen molar-refractivity contribution < 1.29 is 14.6 Å². The topological polar surface area (TPSA) is 138 Å². The summed E-state index contributed by atoms with van der Waals surface area (Å²) >= 11 is 0. The minimum Gasteiger partial charge on any atom is -0.294 e. The molecule has 2 rings (SSSR count). The predicted molar refractivity (Wildman–Crippen MR) is 82.9 cm³/mol. The van der Waals surface area contributed by atoms with Crippen LogP contribution in [0.15, 0.2) is 29.1 Å². The molecule has 0 aliphatic heterocycles. The molecule has 1 aromatic heterocycles. The van der Waals surface area contributed by atoms with E-state index in [1.54, 1.807) is 6.92 Å². The summed E-state index contributed by atoms with van der Waals surface area (Å²) in [6.07, 6.45) is 0. The summed E-state index contributed by atoms with van der Waals surface area (Å²) in [5.74, 6) is -0.726. The summed E-state index contributed by atoms with van der Waals surface area (Å²) < 4.78 is 0.846. The van der Waals surface area contributed by atoms with E-state index in [1.807, 2.05) is 0 Å². The molecule has 1 aromatic carbocycles. The van der Waals surface area contributed by atoms with E-state index in [2.05, 4.69) is 5.10 Å². The molecule has 24 heavy (non-hydrogen) atoms. The number of carbonyl (C=O) groups excluding carboxylic acids is 1. The van der Waals surface area contributed by atoms with Crippen molar-refractivity contribution in [3.8, 4) is 11.3 Å². The van der Waals surface area contributed by atoms with Gasteiger partial charge in [0.15, 0.2) is 5.78 Å². The molecule has 0 saturated heterocycles. The molecule has 2 aromatic rings. The van der Waals surface area contributed by atoms with Gasteiger partial charge in [-0.15, -0.1) is 0 Å². The minimum atomic E-state index is -0.998. The van der Waals surface area contributed by atoms with Gasteiger partial charge in [0.25, 0.3) is 5.69 Å². The Morgan fingerprint density at radius 3 is 2.42 bits per heavy atom. The van der Waals surface area contributed by atoms with Crippen LogP contribution in [0.3, 0.4) is 0 Å². The number of aromatic nitrogens is 2. The first-order chi connectivity index (χ1) is 11.3. The summed E-state index contributed by atoms with van der Waals surface area (Å²) in [5, 5.41) is 26.2. The molecule has 0 fully saturated rings. The number of Topliss-reactive ketones (excluding diaryl/α,β-unsaturated/α-hetero) is 1. The second-order valence-corrected chi connectivity index (χ2v) is 4.81. The number of nitro groups is 2. The molecule has 0 N–H and O–H groups in total. The van der Waals surface area contributed by atoms with Crippen molar-refractivity contribution in [2.24, 2.45) is 0 Å². The molecule has 0 unspecified atom stereocenters. The van der Waals surface area contributed by atoms with Crippen molar-refractivity contribution in [1.82, 2.24) is 9.78 Å². The van der Waals surface area contributed by atoms with Crippen molar-refractivity contribution in [3.05, 3.63) is 60.4 Å². The van der Waals surface area contributed by atoms with Crippen molar-refractivity contribution in [2.75, 3.05) is 0 Å². The summed E-state index contributed by atoms with van der Waals surface area (Å²) in [4.78, 5) is 44.6. The molecular weight excluding hydrogens is 320 g/mol. The number of benzene rings is 1. The number of carbonyl (C=O) groups is 1. The van der Waals surface area contributed by atoms with Gasteiger partial charge < -0.3 is 0 Å². The van der Waals surface area contributed by atoms with E-state index in [0.29, 0.717) is 0 Å². The summed E-state index contributed by atoms with van der Waals surface area (Å²) in [6, 6.07) is 5.17. The van der Waals surface area contributed by atoms with Crippen LogP contribution < -0.4 is 5.56 Å². The van der Waals surface area contributed by atoms with Crippen molar-refractivity contribution in [2.45, 2.75) is 20.4 Å². The van der Waals surface area contributed by atoms with E-state index < -0.39 is 32.4 Å². The third-order valence-corrected chi connectivity index (χ3v) is 3.30. The van der Waals surface area contributed by atoms with E-state index in [1.165, 1.54) is 18.2 Å². The highest BCUT2D eigenvalue weighted by Crippen LogP contribution is 2.29. The van der Waals surface area contributed by atoms with Crippen LogP contribution >= 0.6 is 0 Å². The molecule has 0 aliphatic rings. The standard InChI is InChI=1S/C14H12N4O6/c1-3-16-14(20)13(18(23)24)11(8(2)19)12(15-16)9-5-4-6-10(7-9)17(21)22/h4-7H,3H2,1-2H3. The fraction of sp³-hybridized carbons (Fsp3) is 0.214. The number of nitrogens with zero attached hydrogens (tertiary/aromatic N) is 4. The SMILES string of the molecule is CCn1nc(-c2cccc([N+](=O)[O-])c2)c(C(C)=O)c([N+](=O)[O-])c1=O. The maximum atomic E-state index is 12.1. The van der Waals surface area contributed by atoms with Crippen molar-refractivity contribution in [3.63, 3.8) is 0 Å². The highest BCUT2D eigenvalue weighted by Gasteiger charge is 2.30. The van der Waals surface area contributed by atoms with E-state index in [-0.39, 0.29) is 23.5 Å². The highest BCUT2D eigenvalue weighted by atomic mass is 16.6. The van der Waals surface area contributed by atoms with Crippen LogP contribution in [0, 0.1) is 20.2 Å². The molecule has 1 heterocycles. The molecule has 0 spiro atoms. The smallest absolute Gasteiger partial charge is 0.294 e. The molecule has 0 amide bonds. The third kappa shape index (κ3) is 2.89. The molecule has 0 atom stereocenters. The van der Waals surface area contributed by atoms with E-state index in [4.69, 9.17) is 0 Å². The van der Waals surface area contributed by atoms with Crippen molar-refractivity contribution in [1.29, 1.82) is 0 Å². The number of aryl methyl sites for hydroxylation is 1. The summed E-state index contributed by atoms with van der Waals surface area (Å²) in [7, 11) is 0. The first-order valence-electron chi connectivity index (χ1n) is 6.83. The van der Waals surface area contributed by atoms with Gasteiger partial charge in [0.1, 0.15) is 11.3 Å². The quantitative estimate of drug-likeness (QED) is 0.463. The lowest BCUT2D eigenvalue weighted by molar-refractivity contribution is -0.386. The predicted octanol–water partition coefficient (Wildman–Crippen LogP) is 1.95. The zero-order valence-corrected chi connectivity index (χ0v) is 12.8. The molecule has 0 radical (unpaired) electrons. The third-order valence-electron chi connectivity index (χ3n) is 3.30. The highest BCUT2D eigenvalue weighted by molar-refractivity contribution is 6.03. The molecule has 0 aliphatic carbocycles. The van der Waals surface area contributed by atoms with E-state index in [9.17, 15) is 29.8 Å². The molecule has 10 nitrogen and oxygen atoms in total. The lowest BCUT2D eigenvalue weighted by atomic mass is 10.0. The van der Waals surface area contributed by atoms with Gasteiger partial charge >= 0.3 is 11.2 Å². The van der Waals surface area contributed by atoms with Gasteiger partial charge in [0.2, 0.25) is 0 Å². The van der Waals surface area contributed by atoms with Gasteiger partial charge in [-0.2, -0.15) is 5.10 Å². The summed E-state index contributed by atoms with van der Waals surface area (Å²) in [5.41, 5.74) is -2.61. The van der Waals surface area contributed by atoms with Crippen molar-refractivity contribution >= 4 is 17.2 Å². The van der Waals surface area contributed by atoms with Crippen LogP contribution in [0.4, 0.5) is 11.4 Å². The Morgan fingerprint density at radius 1 is 1.25 bits per heavy atom. The molecule has 10 heteroatoms. The summed E-state index contributed by atoms with van der Waals surface area (Å²) in [6.45, 7) is 2.67. The Kier molecular flexibility index (Phi) is 4.49. The number of ketones is 1. The maximum absolute atomic E-state index is 12.1. The minimum absolute atomic E-state index is 0.0415. The zero-order chi connectivity index (χ0) is 18.0. The number of hydrogen-bond donors (Lipinski definition) is 0. The fourth-order valence-electron chi connectivity index (χ4n) is 2.24. The fourth-order valence-corrected chi connectivity index (χ4v) is 2.24. The van der Waals surface area contributed by atoms with Gasteiger partial charge in [-0.1, -0.05) is 12.1 Å². The average molecular weight is 332 g/mol. The van der Waals surface area contributed by atoms with Gasteiger partial charge in [-0.05, 0) is 13.8 Å². The number of non-ortho nitro benzene ring substituents is 1. The molecule has 0 bridgehead atoms. The molecule has 124 valence electrons. The number of nitro benzene ring substituents is 1. The Hall–Kier alpha value is -3.43. The van der Waals surface area contributed by atoms with E-state index >= 15 is 0 Å². The monoisotopic (exact) mass is 332 g/mol. The van der Waals surface area contributed by atoms with Crippen LogP contribution in [-0.4, -0.2) is 25.4 Å². The first kappa shape index (κ1) is 16.9. The normalized spacial score (nSPS) is 10.4. The zero-order valence-electron chi connectivity index (χ0n) is 12.8. The average Bonchev–Trinajstić information content (AvgIpc) is 2.53. The number of rotatable bonds is 5. The Morgan fingerprint density at radius 2 is 1.92 bits per heavy atom. The Labute approximate surface area is 134 Å². The maximum Gasteiger partial charge on any atom is 0.348 e. The van der Waals surface area contributed by atoms with Gasteiger partial charge in [0, 0.05) is 24.2 Å². The van der Waals surface area contributed by atoms with Crippen LogP contribution in [0.25, 0.3) is 11.3 Å². The largest absolute Gasteiger partial charge is 0.348 e. The van der Waals surface area contributed by atoms with Crippen LogP contribution in [0.5, 0.6) is 0 Å². The number of hydrogen-bond acceptors (Lipinski definition) is 7. The van der Waals surface area contributed by atoms with E-state index in [0.717, 1.165) is 17.7 Å². The lowest BCUT2D eigenvalue weighted by Gasteiger charge is -2.10. The van der Waals surface area contributed by atoms with Crippen LogP contribution in [0.2, 0.25) is 0 Å². The Bertz CT molecular complexity index is 918. The molecular formula is C14H12N4O6. The second kappa shape index (κ2) is 6.36. The van der Waals surface area contributed by atoms with Gasteiger partial charge in [-0.25, -0.2) is 4.68 Å².